The van der Waals surface area contributed by atoms with Crippen molar-refractivity contribution in [2.24, 2.45) is 5.10 Å². The number of amides is 1. The SMILES string of the molecule is CCOc1cc(/C=N\NC(=O)[C@@H](C)Oc2ccc(Cl)cc2)ccc1OC(=O)c1ccc(Cl)cc1. The summed E-state index contributed by atoms with van der Waals surface area (Å²) in [5.41, 5.74) is 3.41. The Bertz CT molecular complexity index is 1160. The number of hydrogen-bond acceptors (Lipinski definition) is 6. The number of carbonyl (C=O) groups excluding carboxylic acids is 2. The average molecular weight is 501 g/mol. The maximum Gasteiger partial charge on any atom is 0.343 e. The van der Waals surface area contributed by atoms with Crippen LogP contribution in [-0.2, 0) is 4.79 Å². The summed E-state index contributed by atoms with van der Waals surface area (Å²) in [6.45, 7) is 3.78. The second-order valence-corrected chi connectivity index (χ2v) is 7.86. The quantitative estimate of drug-likeness (QED) is 0.180. The zero-order valence-corrected chi connectivity index (χ0v) is 20.0. The van der Waals surface area contributed by atoms with E-state index in [-0.39, 0.29) is 5.75 Å². The maximum absolute atomic E-state index is 12.4. The van der Waals surface area contributed by atoms with Crippen LogP contribution in [0.1, 0.15) is 29.8 Å². The van der Waals surface area contributed by atoms with Crippen molar-refractivity contribution in [1.82, 2.24) is 5.43 Å². The summed E-state index contributed by atoms with van der Waals surface area (Å²) in [4.78, 5) is 24.7. The third kappa shape index (κ3) is 7.23. The summed E-state index contributed by atoms with van der Waals surface area (Å²) in [5, 5.41) is 5.06. The molecular weight excluding hydrogens is 479 g/mol. The molecule has 176 valence electrons. The first-order valence-corrected chi connectivity index (χ1v) is 11.1. The number of nitrogens with one attached hydrogen (secondary N) is 1. The molecule has 0 unspecified atom stereocenters. The lowest BCUT2D eigenvalue weighted by atomic mass is 10.2. The van der Waals surface area contributed by atoms with Crippen LogP contribution in [-0.4, -0.2) is 30.8 Å². The lowest BCUT2D eigenvalue weighted by Gasteiger charge is -2.13. The van der Waals surface area contributed by atoms with Gasteiger partial charge in [-0.15, -0.1) is 0 Å². The van der Waals surface area contributed by atoms with Gasteiger partial charge in [-0.3, -0.25) is 4.79 Å². The fourth-order valence-corrected chi connectivity index (χ4v) is 2.99. The smallest absolute Gasteiger partial charge is 0.343 e. The van der Waals surface area contributed by atoms with Gasteiger partial charge in [-0.1, -0.05) is 23.2 Å². The number of benzene rings is 3. The molecule has 0 aliphatic heterocycles. The van der Waals surface area contributed by atoms with Crippen LogP contribution in [0.3, 0.4) is 0 Å². The number of hydrazone groups is 1. The molecule has 1 atom stereocenters. The van der Waals surface area contributed by atoms with Crippen molar-refractivity contribution >= 4 is 41.3 Å². The third-order valence-corrected chi connectivity index (χ3v) is 4.94. The van der Waals surface area contributed by atoms with Crippen molar-refractivity contribution in [3.8, 4) is 17.2 Å². The van der Waals surface area contributed by atoms with E-state index in [0.717, 1.165) is 0 Å². The second kappa shape index (κ2) is 12.1. The van der Waals surface area contributed by atoms with Crippen LogP contribution >= 0.6 is 23.2 Å². The lowest BCUT2D eigenvalue weighted by molar-refractivity contribution is -0.127. The highest BCUT2D eigenvalue weighted by Crippen LogP contribution is 2.29. The number of halogens is 2. The summed E-state index contributed by atoms with van der Waals surface area (Å²) in [6.07, 6.45) is 0.673. The molecule has 0 heterocycles. The van der Waals surface area contributed by atoms with Gasteiger partial charge in [0.25, 0.3) is 5.91 Å². The summed E-state index contributed by atoms with van der Waals surface area (Å²) in [5.74, 6) is 0.166. The topological polar surface area (TPSA) is 86.2 Å². The first-order chi connectivity index (χ1) is 16.4. The standard InChI is InChI=1S/C25H22Cl2N2O5/c1-3-32-23-14-17(4-13-22(23)34-25(31)18-5-7-19(26)8-6-18)15-28-29-24(30)16(2)33-21-11-9-20(27)10-12-21/h4-16H,3H2,1-2H3,(H,29,30)/b28-15-/t16-/m1/s1. The fraction of sp³-hybridized carbons (Fsp3) is 0.160. The Labute approximate surface area is 207 Å². The van der Waals surface area contributed by atoms with Crippen molar-refractivity contribution in [2.75, 3.05) is 6.61 Å². The molecule has 0 aliphatic carbocycles. The molecule has 34 heavy (non-hydrogen) atoms. The van der Waals surface area contributed by atoms with Crippen LogP contribution in [0, 0.1) is 0 Å². The van der Waals surface area contributed by atoms with Crippen molar-refractivity contribution in [2.45, 2.75) is 20.0 Å². The summed E-state index contributed by atoms with van der Waals surface area (Å²) >= 11 is 11.7. The zero-order chi connectivity index (χ0) is 24.5. The van der Waals surface area contributed by atoms with Gasteiger partial charge in [0.2, 0.25) is 0 Å². The van der Waals surface area contributed by atoms with Crippen LogP contribution in [0.5, 0.6) is 17.2 Å². The molecule has 1 amide bonds. The fourth-order valence-electron chi connectivity index (χ4n) is 2.73. The van der Waals surface area contributed by atoms with E-state index in [1.165, 1.54) is 6.21 Å². The molecule has 0 bridgehead atoms. The van der Waals surface area contributed by atoms with E-state index >= 15 is 0 Å². The van der Waals surface area contributed by atoms with Gasteiger partial charge in [-0.25, -0.2) is 10.2 Å². The van der Waals surface area contributed by atoms with Gasteiger partial charge in [0, 0.05) is 10.0 Å². The molecule has 0 spiro atoms. The minimum atomic E-state index is -0.771. The zero-order valence-electron chi connectivity index (χ0n) is 18.5. The number of ether oxygens (including phenoxy) is 3. The maximum atomic E-state index is 12.4. The van der Waals surface area contributed by atoms with E-state index in [1.807, 2.05) is 6.92 Å². The Hall–Kier alpha value is -3.55. The van der Waals surface area contributed by atoms with Crippen LogP contribution in [0.4, 0.5) is 0 Å². The Morgan fingerprint density at radius 2 is 1.62 bits per heavy atom. The molecule has 9 heteroatoms. The van der Waals surface area contributed by atoms with Gasteiger partial charge >= 0.3 is 5.97 Å². The Balaban J connectivity index is 1.62. The second-order valence-electron chi connectivity index (χ2n) is 6.98. The molecule has 0 saturated carbocycles. The largest absolute Gasteiger partial charge is 0.490 e. The molecule has 3 rings (SSSR count). The molecule has 7 nitrogen and oxygen atoms in total. The molecule has 0 radical (unpaired) electrons. The first-order valence-electron chi connectivity index (χ1n) is 10.4. The van der Waals surface area contributed by atoms with Gasteiger partial charge in [0.05, 0.1) is 18.4 Å². The molecule has 1 N–H and O–H groups in total. The Morgan fingerprint density at radius 1 is 0.971 bits per heavy atom. The normalized spacial score (nSPS) is 11.6. The summed E-state index contributed by atoms with van der Waals surface area (Å²) in [6, 6.07) is 18.0. The van der Waals surface area contributed by atoms with Gasteiger partial charge in [0.15, 0.2) is 17.6 Å². The summed E-state index contributed by atoms with van der Waals surface area (Å²) in [7, 11) is 0. The molecule has 0 saturated heterocycles. The predicted octanol–water partition coefficient (Wildman–Crippen LogP) is 5.53. The molecular formula is C25H22Cl2N2O5. The highest BCUT2D eigenvalue weighted by molar-refractivity contribution is 6.30. The van der Waals surface area contributed by atoms with Gasteiger partial charge in [-0.2, -0.15) is 5.10 Å². The number of esters is 1. The van der Waals surface area contributed by atoms with Crippen molar-refractivity contribution in [3.63, 3.8) is 0 Å². The molecule has 3 aromatic carbocycles. The van der Waals surface area contributed by atoms with Crippen LogP contribution < -0.4 is 19.6 Å². The van der Waals surface area contributed by atoms with E-state index in [0.29, 0.717) is 39.3 Å². The molecule has 0 aliphatic rings. The monoisotopic (exact) mass is 500 g/mol. The minimum Gasteiger partial charge on any atom is -0.490 e. The first kappa shape index (κ1) is 25.1. The summed E-state index contributed by atoms with van der Waals surface area (Å²) < 4.78 is 16.6. The van der Waals surface area contributed by atoms with E-state index in [1.54, 1.807) is 73.7 Å². The van der Waals surface area contributed by atoms with Crippen molar-refractivity contribution < 1.29 is 23.8 Å². The van der Waals surface area contributed by atoms with Crippen LogP contribution in [0.25, 0.3) is 0 Å². The number of hydrogen-bond donors (Lipinski definition) is 1. The average Bonchev–Trinajstić information content (AvgIpc) is 2.82. The van der Waals surface area contributed by atoms with Gasteiger partial charge in [-0.05, 0) is 86.1 Å². The van der Waals surface area contributed by atoms with Gasteiger partial charge in [0.1, 0.15) is 5.75 Å². The van der Waals surface area contributed by atoms with Crippen molar-refractivity contribution in [1.29, 1.82) is 0 Å². The van der Waals surface area contributed by atoms with Crippen molar-refractivity contribution in [3.05, 3.63) is 87.9 Å². The Morgan fingerprint density at radius 3 is 2.26 bits per heavy atom. The van der Waals surface area contributed by atoms with E-state index in [9.17, 15) is 9.59 Å². The molecule has 3 aromatic rings. The highest BCUT2D eigenvalue weighted by atomic mass is 35.5. The lowest BCUT2D eigenvalue weighted by Crippen LogP contribution is -2.33. The highest BCUT2D eigenvalue weighted by Gasteiger charge is 2.15. The van der Waals surface area contributed by atoms with E-state index in [2.05, 4.69) is 10.5 Å². The molecule has 0 fully saturated rings. The Kier molecular flexibility index (Phi) is 8.90. The number of rotatable bonds is 9. The molecule has 0 aromatic heterocycles. The number of nitrogens with zero attached hydrogens (tertiary/aromatic N) is 1. The third-order valence-electron chi connectivity index (χ3n) is 4.43. The van der Waals surface area contributed by atoms with E-state index in [4.69, 9.17) is 37.4 Å². The van der Waals surface area contributed by atoms with Crippen LogP contribution in [0.15, 0.2) is 71.8 Å². The van der Waals surface area contributed by atoms with Gasteiger partial charge < -0.3 is 14.2 Å². The minimum absolute atomic E-state index is 0.257. The number of carbonyl (C=O) groups is 2. The van der Waals surface area contributed by atoms with Crippen LogP contribution in [0.2, 0.25) is 10.0 Å². The predicted molar refractivity (Wildman–Crippen MR) is 131 cm³/mol. The van der Waals surface area contributed by atoms with E-state index < -0.39 is 18.0 Å².